The zero-order valence-electron chi connectivity index (χ0n) is 14.0. The first-order valence-electron chi connectivity index (χ1n) is 8.17. The average Bonchev–Trinajstić information content (AvgIpc) is 3.14. The van der Waals surface area contributed by atoms with Gasteiger partial charge in [-0.25, -0.2) is 4.39 Å². The normalized spacial score (nSPS) is 20.3. The molecule has 0 spiro atoms. The summed E-state index contributed by atoms with van der Waals surface area (Å²) in [6, 6.07) is -0.146. The van der Waals surface area contributed by atoms with Crippen molar-refractivity contribution in [2.75, 3.05) is 13.1 Å². The second kappa shape index (κ2) is 6.33. The van der Waals surface area contributed by atoms with E-state index in [0.29, 0.717) is 32.0 Å². The van der Waals surface area contributed by atoms with Crippen molar-refractivity contribution in [3.8, 4) is 0 Å². The number of hydrogen-bond donors (Lipinski definition) is 0. The molecule has 0 aromatic carbocycles. The number of hydrogen-bond acceptors (Lipinski definition) is 4. The Hall–Kier alpha value is -2.25. The molecule has 24 heavy (non-hydrogen) atoms. The van der Waals surface area contributed by atoms with E-state index in [2.05, 4.69) is 16.8 Å². The van der Waals surface area contributed by atoms with Crippen molar-refractivity contribution in [1.82, 2.24) is 24.6 Å². The molecule has 0 bridgehead atoms. The van der Waals surface area contributed by atoms with Crippen molar-refractivity contribution in [3.63, 3.8) is 0 Å². The molecular weight excluding hydrogens is 313 g/mol. The molecule has 2 heterocycles. The van der Waals surface area contributed by atoms with Crippen LogP contribution in [0, 0.1) is 0 Å². The highest BCUT2D eigenvalue weighted by molar-refractivity contribution is 5.90. The molecule has 2 amide bonds. The van der Waals surface area contributed by atoms with Crippen LogP contribution in [-0.4, -0.2) is 55.5 Å². The monoisotopic (exact) mass is 335 g/mol. The van der Waals surface area contributed by atoms with Gasteiger partial charge in [0.05, 0.1) is 12.6 Å². The topological polar surface area (TPSA) is 71.3 Å². The summed E-state index contributed by atoms with van der Waals surface area (Å²) >= 11 is 0. The van der Waals surface area contributed by atoms with Crippen LogP contribution in [0.15, 0.2) is 12.4 Å². The van der Waals surface area contributed by atoms with E-state index in [9.17, 15) is 14.0 Å². The Morgan fingerprint density at radius 3 is 2.62 bits per heavy atom. The van der Waals surface area contributed by atoms with Crippen LogP contribution in [0.4, 0.5) is 4.39 Å². The number of halogens is 1. The second-order valence-electron chi connectivity index (χ2n) is 6.55. The fourth-order valence-electron chi connectivity index (χ4n) is 3.21. The van der Waals surface area contributed by atoms with E-state index in [0.717, 1.165) is 24.5 Å². The van der Waals surface area contributed by atoms with Crippen LogP contribution in [0.25, 0.3) is 0 Å². The first-order chi connectivity index (χ1) is 11.4. The van der Waals surface area contributed by atoms with Crippen LogP contribution in [-0.2, 0) is 23.2 Å². The zero-order valence-corrected chi connectivity index (χ0v) is 14.0. The van der Waals surface area contributed by atoms with Gasteiger partial charge in [0.2, 0.25) is 5.91 Å². The minimum absolute atomic E-state index is 0.0932. The van der Waals surface area contributed by atoms with Crippen LogP contribution >= 0.6 is 0 Å². The van der Waals surface area contributed by atoms with Crippen molar-refractivity contribution in [3.05, 3.63) is 24.1 Å². The van der Waals surface area contributed by atoms with Crippen molar-refractivity contribution in [2.45, 2.75) is 44.7 Å². The summed E-state index contributed by atoms with van der Waals surface area (Å²) < 4.78 is 15.0. The Bertz CT molecular complexity index is 682. The van der Waals surface area contributed by atoms with Gasteiger partial charge in [0.15, 0.2) is 11.7 Å². The van der Waals surface area contributed by atoms with Gasteiger partial charge in [0.1, 0.15) is 5.82 Å². The van der Waals surface area contributed by atoms with Gasteiger partial charge in [-0.2, -0.15) is 0 Å². The Kier molecular flexibility index (Phi) is 4.38. The SMILES string of the molecule is C=C(F)C(=O)N1CCC(N(Cc2nnc(C3CC3)n2C)C(C)=O)C1. The van der Waals surface area contributed by atoms with E-state index < -0.39 is 11.7 Å². The Labute approximate surface area is 140 Å². The molecule has 0 radical (unpaired) electrons. The van der Waals surface area contributed by atoms with Gasteiger partial charge in [-0.15, -0.1) is 10.2 Å². The van der Waals surface area contributed by atoms with Gasteiger partial charge < -0.3 is 14.4 Å². The number of aromatic nitrogens is 3. The van der Waals surface area contributed by atoms with Crippen molar-refractivity contribution in [2.24, 2.45) is 7.05 Å². The molecule has 1 unspecified atom stereocenters. The van der Waals surface area contributed by atoms with Crippen molar-refractivity contribution < 1.29 is 14.0 Å². The van der Waals surface area contributed by atoms with Crippen LogP contribution in [0.5, 0.6) is 0 Å². The molecular formula is C16H22FN5O2. The summed E-state index contributed by atoms with van der Waals surface area (Å²) in [4.78, 5) is 26.9. The molecule has 1 saturated heterocycles. The lowest BCUT2D eigenvalue weighted by atomic mass is 10.2. The van der Waals surface area contributed by atoms with E-state index in [4.69, 9.17) is 0 Å². The largest absolute Gasteiger partial charge is 0.335 e. The van der Waals surface area contributed by atoms with Crippen molar-refractivity contribution >= 4 is 11.8 Å². The van der Waals surface area contributed by atoms with Crippen molar-refractivity contribution in [1.29, 1.82) is 0 Å². The Balaban J connectivity index is 1.70. The van der Waals surface area contributed by atoms with Crippen LogP contribution in [0.3, 0.4) is 0 Å². The lowest BCUT2D eigenvalue weighted by molar-refractivity contribution is -0.133. The van der Waals surface area contributed by atoms with Crippen LogP contribution in [0.1, 0.15) is 43.8 Å². The minimum Gasteiger partial charge on any atom is -0.335 e. The van der Waals surface area contributed by atoms with E-state index in [1.165, 1.54) is 11.8 Å². The third kappa shape index (κ3) is 3.18. The van der Waals surface area contributed by atoms with Gasteiger partial charge in [0, 0.05) is 33.0 Å². The smallest absolute Gasteiger partial charge is 0.282 e. The molecule has 1 aliphatic heterocycles. The van der Waals surface area contributed by atoms with Crippen LogP contribution in [0.2, 0.25) is 0 Å². The first kappa shape index (κ1) is 16.6. The van der Waals surface area contributed by atoms with E-state index in [1.54, 1.807) is 4.90 Å². The van der Waals surface area contributed by atoms with E-state index >= 15 is 0 Å². The zero-order chi connectivity index (χ0) is 17.4. The van der Waals surface area contributed by atoms with Gasteiger partial charge in [0.25, 0.3) is 5.91 Å². The third-order valence-electron chi connectivity index (χ3n) is 4.78. The predicted octanol–water partition coefficient (Wildman–Crippen LogP) is 1.13. The summed E-state index contributed by atoms with van der Waals surface area (Å²) in [5, 5.41) is 8.45. The predicted molar refractivity (Wildman–Crippen MR) is 84.4 cm³/mol. The minimum atomic E-state index is -0.965. The molecule has 0 N–H and O–H groups in total. The molecule has 3 rings (SSSR count). The quantitative estimate of drug-likeness (QED) is 0.756. The molecule has 1 aliphatic carbocycles. The Morgan fingerprint density at radius 1 is 1.33 bits per heavy atom. The van der Waals surface area contributed by atoms with E-state index in [1.807, 2.05) is 11.6 Å². The Morgan fingerprint density at radius 2 is 2.04 bits per heavy atom. The molecule has 1 aromatic rings. The highest BCUT2D eigenvalue weighted by Crippen LogP contribution is 2.38. The van der Waals surface area contributed by atoms with Gasteiger partial charge in [-0.1, -0.05) is 6.58 Å². The highest BCUT2D eigenvalue weighted by Gasteiger charge is 2.34. The molecule has 1 atom stereocenters. The summed E-state index contributed by atoms with van der Waals surface area (Å²) in [6.45, 7) is 5.62. The van der Waals surface area contributed by atoms with Crippen LogP contribution < -0.4 is 0 Å². The molecule has 130 valence electrons. The molecule has 2 fully saturated rings. The fourth-order valence-corrected chi connectivity index (χ4v) is 3.21. The first-order valence-corrected chi connectivity index (χ1v) is 8.17. The number of nitrogens with zero attached hydrogens (tertiary/aromatic N) is 5. The molecule has 1 aromatic heterocycles. The number of rotatable bonds is 5. The number of amides is 2. The fraction of sp³-hybridized carbons (Fsp3) is 0.625. The lowest BCUT2D eigenvalue weighted by Gasteiger charge is -2.27. The standard InChI is InChI=1S/C16H22FN5O2/c1-10(17)16(24)21-7-6-13(8-21)22(11(2)23)9-14-18-19-15(20(14)3)12-4-5-12/h12-13H,1,4-9H2,2-3H3. The third-order valence-corrected chi connectivity index (χ3v) is 4.78. The maximum absolute atomic E-state index is 13.0. The van der Waals surface area contributed by atoms with Gasteiger partial charge in [-0.05, 0) is 19.3 Å². The number of likely N-dealkylation sites (tertiary alicyclic amines) is 1. The maximum atomic E-state index is 13.0. The number of carbonyl (C=O) groups is 2. The summed E-state index contributed by atoms with van der Waals surface area (Å²) in [6.07, 6.45) is 2.89. The highest BCUT2D eigenvalue weighted by atomic mass is 19.1. The molecule has 1 saturated carbocycles. The number of carbonyl (C=O) groups excluding carboxylic acids is 2. The summed E-state index contributed by atoms with van der Waals surface area (Å²) in [7, 11) is 1.92. The van der Waals surface area contributed by atoms with Gasteiger partial charge >= 0.3 is 0 Å². The molecule has 2 aliphatic rings. The molecule has 8 heteroatoms. The summed E-state index contributed by atoms with van der Waals surface area (Å²) in [5.74, 6) is 0.418. The second-order valence-corrected chi connectivity index (χ2v) is 6.55. The lowest BCUT2D eigenvalue weighted by Crippen LogP contribution is -2.41. The van der Waals surface area contributed by atoms with Gasteiger partial charge in [-0.3, -0.25) is 9.59 Å². The molecule has 7 nitrogen and oxygen atoms in total. The average molecular weight is 335 g/mol. The maximum Gasteiger partial charge on any atom is 0.282 e. The summed E-state index contributed by atoms with van der Waals surface area (Å²) in [5.41, 5.74) is 0. The van der Waals surface area contributed by atoms with E-state index in [-0.39, 0.29) is 11.9 Å².